The molecule has 26 heavy (non-hydrogen) atoms. The van der Waals surface area contributed by atoms with Gasteiger partial charge in [0.05, 0.1) is 19.1 Å². The first-order chi connectivity index (χ1) is 12.8. The molecule has 2 aromatic rings. The highest BCUT2D eigenvalue weighted by molar-refractivity contribution is 5.90. The molecule has 0 aromatic carbocycles. The molecule has 0 spiro atoms. The number of fused-ring (bicyclic) bond motifs is 2. The third kappa shape index (κ3) is 2.72. The predicted octanol–water partition coefficient (Wildman–Crippen LogP) is 1.69. The number of aromatic nitrogens is 4. The van der Waals surface area contributed by atoms with Gasteiger partial charge in [0.15, 0.2) is 5.89 Å². The number of aryl methyl sites for hydroxylation is 1. The molecule has 138 valence electrons. The molecule has 3 aliphatic heterocycles. The van der Waals surface area contributed by atoms with Crippen molar-refractivity contribution in [1.29, 1.82) is 0 Å². The summed E-state index contributed by atoms with van der Waals surface area (Å²) in [6.45, 7) is 3.38. The van der Waals surface area contributed by atoms with E-state index >= 15 is 0 Å². The van der Waals surface area contributed by atoms with E-state index < -0.39 is 0 Å². The Balaban J connectivity index is 1.36. The molecule has 2 aromatic heterocycles. The summed E-state index contributed by atoms with van der Waals surface area (Å²) in [4.78, 5) is 19.5. The summed E-state index contributed by atoms with van der Waals surface area (Å²) < 4.78 is 13.4. The zero-order chi connectivity index (χ0) is 17.5. The number of hydrogen-bond donors (Lipinski definition) is 0. The fourth-order valence-electron chi connectivity index (χ4n) is 4.08. The van der Waals surface area contributed by atoms with Gasteiger partial charge in [-0.25, -0.2) is 4.98 Å². The normalized spacial score (nSPS) is 22.8. The number of rotatable bonds is 2. The fourth-order valence-corrected chi connectivity index (χ4v) is 4.08. The average Bonchev–Trinajstić information content (AvgIpc) is 3.37. The maximum Gasteiger partial charge on any atom is 0.292 e. The molecule has 1 fully saturated rings. The van der Waals surface area contributed by atoms with Crippen LogP contribution in [0.4, 0.5) is 0 Å². The Bertz CT molecular complexity index is 821. The van der Waals surface area contributed by atoms with Crippen LogP contribution < -0.4 is 0 Å². The lowest BCUT2D eigenvalue weighted by atomic mass is 10.1. The number of carbonyl (C=O) groups excluding carboxylic acids is 1. The number of nitrogens with zero attached hydrogens (tertiary/aromatic N) is 5. The van der Waals surface area contributed by atoms with Crippen LogP contribution in [0.1, 0.15) is 65.4 Å². The fraction of sp³-hybridized carbons (Fsp3) is 0.667. The Morgan fingerprint density at radius 2 is 2.08 bits per heavy atom. The lowest BCUT2D eigenvalue weighted by molar-refractivity contribution is 0.0709. The molecular formula is C18H23N5O3. The smallest absolute Gasteiger partial charge is 0.292 e. The Hall–Kier alpha value is -2.22. The van der Waals surface area contributed by atoms with Crippen molar-refractivity contribution in [2.45, 2.75) is 57.5 Å². The van der Waals surface area contributed by atoms with Crippen molar-refractivity contribution in [3.63, 3.8) is 0 Å². The van der Waals surface area contributed by atoms with Crippen molar-refractivity contribution in [1.82, 2.24) is 24.6 Å². The molecule has 0 N–H and O–H groups in total. The zero-order valence-electron chi connectivity index (χ0n) is 14.8. The van der Waals surface area contributed by atoms with E-state index in [9.17, 15) is 4.79 Å². The molecular weight excluding hydrogens is 334 g/mol. The Labute approximate surface area is 151 Å². The Morgan fingerprint density at radius 3 is 2.96 bits per heavy atom. The average molecular weight is 357 g/mol. The van der Waals surface area contributed by atoms with Crippen molar-refractivity contribution in [3.8, 4) is 0 Å². The maximum absolute atomic E-state index is 13.0. The summed E-state index contributed by atoms with van der Waals surface area (Å²) in [6, 6.07) is 0. The topological polar surface area (TPSA) is 86.3 Å². The lowest BCUT2D eigenvalue weighted by Crippen LogP contribution is -2.37. The van der Waals surface area contributed by atoms with Crippen LogP contribution in [0.2, 0.25) is 0 Å². The minimum Gasteiger partial charge on any atom is -0.445 e. The van der Waals surface area contributed by atoms with E-state index in [0.29, 0.717) is 31.9 Å². The van der Waals surface area contributed by atoms with E-state index in [1.165, 1.54) is 6.42 Å². The van der Waals surface area contributed by atoms with Gasteiger partial charge in [0.2, 0.25) is 5.82 Å². The van der Waals surface area contributed by atoms with Crippen LogP contribution >= 0.6 is 0 Å². The quantitative estimate of drug-likeness (QED) is 0.813. The molecule has 0 saturated carbocycles. The first kappa shape index (κ1) is 16.0. The van der Waals surface area contributed by atoms with E-state index in [-0.39, 0.29) is 11.8 Å². The standard InChI is InChI=1S/C18H23N5O3/c24-18(16-21-20-15-4-2-1-3-7-23(15)16)22-8-5-14-13(10-22)19-17(26-14)12-6-9-25-11-12/h12H,1-11H2. The molecule has 8 nitrogen and oxygen atoms in total. The number of oxazole rings is 1. The lowest BCUT2D eigenvalue weighted by Gasteiger charge is -2.25. The highest BCUT2D eigenvalue weighted by Gasteiger charge is 2.32. The molecule has 1 atom stereocenters. The second-order valence-electron chi connectivity index (χ2n) is 7.36. The number of hydrogen-bond acceptors (Lipinski definition) is 6. The third-order valence-electron chi connectivity index (χ3n) is 5.61. The summed E-state index contributed by atoms with van der Waals surface area (Å²) in [5, 5.41) is 8.45. The van der Waals surface area contributed by atoms with Crippen LogP contribution in [-0.4, -0.2) is 50.3 Å². The van der Waals surface area contributed by atoms with Gasteiger partial charge in [-0.15, -0.1) is 10.2 Å². The first-order valence-corrected chi connectivity index (χ1v) is 9.57. The molecule has 0 bridgehead atoms. The van der Waals surface area contributed by atoms with Crippen molar-refractivity contribution in [2.75, 3.05) is 19.8 Å². The number of ether oxygens (including phenoxy) is 1. The summed E-state index contributed by atoms with van der Waals surface area (Å²) in [6.07, 6.45) is 5.92. The van der Waals surface area contributed by atoms with E-state index in [1.807, 2.05) is 9.47 Å². The van der Waals surface area contributed by atoms with Crippen molar-refractivity contribution in [3.05, 3.63) is 29.0 Å². The van der Waals surface area contributed by atoms with Gasteiger partial charge < -0.3 is 18.6 Å². The molecule has 0 radical (unpaired) electrons. The first-order valence-electron chi connectivity index (χ1n) is 9.57. The van der Waals surface area contributed by atoms with Crippen LogP contribution in [0, 0.1) is 0 Å². The summed E-state index contributed by atoms with van der Waals surface area (Å²) in [5.41, 5.74) is 0.877. The van der Waals surface area contributed by atoms with E-state index in [2.05, 4.69) is 15.2 Å². The van der Waals surface area contributed by atoms with E-state index in [0.717, 1.165) is 62.0 Å². The van der Waals surface area contributed by atoms with Crippen LogP contribution in [0.15, 0.2) is 4.42 Å². The van der Waals surface area contributed by atoms with Gasteiger partial charge in [-0.3, -0.25) is 4.79 Å². The van der Waals surface area contributed by atoms with E-state index in [4.69, 9.17) is 9.15 Å². The van der Waals surface area contributed by atoms with Gasteiger partial charge in [-0.2, -0.15) is 0 Å². The third-order valence-corrected chi connectivity index (χ3v) is 5.61. The maximum atomic E-state index is 13.0. The number of amides is 1. The second-order valence-corrected chi connectivity index (χ2v) is 7.36. The van der Waals surface area contributed by atoms with Gasteiger partial charge in [-0.05, 0) is 19.3 Å². The SMILES string of the molecule is O=C(c1nnc2n1CCCCC2)N1CCc2oc(C3CCOC3)nc2C1. The highest BCUT2D eigenvalue weighted by Crippen LogP contribution is 2.29. The zero-order valence-corrected chi connectivity index (χ0v) is 14.8. The highest BCUT2D eigenvalue weighted by atomic mass is 16.5. The molecule has 1 amide bonds. The molecule has 1 unspecified atom stereocenters. The molecule has 3 aliphatic rings. The molecule has 1 saturated heterocycles. The van der Waals surface area contributed by atoms with Gasteiger partial charge in [0.1, 0.15) is 17.3 Å². The van der Waals surface area contributed by atoms with Crippen LogP contribution in [-0.2, 0) is 30.7 Å². The second kappa shape index (κ2) is 6.50. The Morgan fingerprint density at radius 1 is 1.12 bits per heavy atom. The minimum atomic E-state index is -0.0509. The monoisotopic (exact) mass is 357 g/mol. The van der Waals surface area contributed by atoms with Crippen LogP contribution in [0.5, 0.6) is 0 Å². The van der Waals surface area contributed by atoms with Crippen LogP contribution in [0.3, 0.4) is 0 Å². The van der Waals surface area contributed by atoms with Gasteiger partial charge in [0.25, 0.3) is 5.91 Å². The molecule has 0 aliphatic carbocycles. The molecule has 5 rings (SSSR count). The summed E-state index contributed by atoms with van der Waals surface area (Å²) >= 11 is 0. The number of carbonyl (C=O) groups is 1. The van der Waals surface area contributed by atoms with Gasteiger partial charge in [-0.1, -0.05) is 6.42 Å². The Kier molecular flexibility index (Phi) is 4.00. The molecule has 8 heteroatoms. The van der Waals surface area contributed by atoms with Crippen molar-refractivity contribution in [2.24, 2.45) is 0 Å². The largest absolute Gasteiger partial charge is 0.445 e. The van der Waals surface area contributed by atoms with Crippen molar-refractivity contribution < 1.29 is 13.9 Å². The minimum absolute atomic E-state index is 0.0509. The predicted molar refractivity (Wildman–Crippen MR) is 90.7 cm³/mol. The van der Waals surface area contributed by atoms with Crippen molar-refractivity contribution >= 4 is 5.91 Å². The van der Waals surface area contributed by atoms with E-state index in [1.54, 1.807) is 0 Å². The van der Waals surface area contributed by atoms with Gasteiger partial charge in [0, 0.05) is 32.5 Å². The van der Waals surface area contributed by atoms with Gasteiger partial charge >= 0.3 is 0 Å². The summed E-state index contributed by atoms with van der Waals surface area (Å²) in [7, 11) is 0. The summed E-state index contributed by atoms with van der Waals surface area (Å²) in [5.74, 6) is 3.28. The molecule has 5 heterocycles. The van der Waals surface area contributed by atoms with Crippen LogP contribution in [0.25, 0.3) is 0 Å².